The number of hydrogen-bond acceptors (Lipinski definition) is 5. The molecule has 1 atom stereocenters. The minimum atomic E-state index is 0.477. The number of furan rings is 1. The Kier molecular flexibility index (Phi) is 2.46. The van der Waals surface area contributed by atoms with Gasteiger partial charge in [-0.05, 0) is 31.5 Å². The highest BCUT2D eigenvalue weighted by Crippen LogP contribution is 2.17. The zero-order valence-electron chi connectivity index (χ0n) is 8.85. The molecule has 3 heterocycles. The third-order valence-corrected chi connectivity index (χ3v) is 2.79. The van der Waals surface area contributed by atoms with Gasteiger partial charge in [0.05, 0.1) is 6.26 Å². The summed E-state index contributed by atoms with van der Waals surface area (Å²) in [5, 5.41) is 7.29. The van der Waals surface area contributed by atoms with E-state index in [1.165, 1.54) is 12.8 Å². The summed E-state index contributed by atoms with van der Waals surface area (Å²) in [5.74, 6) is 1.85. The maximum Gasteiger partial charge on any atom is 0.238 e. The van der Waals surface area contributed by atoms with Crippen LogP contribution in [-0.2, 0) is 6.42 Å². The lowest BCUT2D eigenvalue weighted by molar-refractivity contribution is 0.363. The summed E-state index contributed by atoms with van der Waals surface area (Å²) in [5.41, 5.74) is 0. The lowest BCUT2D eigenvalue weighted by atomic mass is 10.1. The molecule has 0 aromatic carbocycles. The molecule has 1 aliphatic heterocycles. The summed E-state index contributed by atoms with van der Waals surface area (Å²) in [6.07, 6.45) is 4.81. The Morgan fingerprint density at radius 3 is 3.25 bits per heavy atom. The largest absolute Gasteiger partial charge is 0.461 e. The Balaban J connectivity index is 1.72. The summed E-state index contributed by atoms with van der Waals surface area (Å²) in [4.78, 5) is 4.30. The fourth-order valence-corrected chi connectivity index (χ4v) is 1.99. The summed E-state index contributed by atoms with van der Waals surface area (Å²) in [7, 11) is 0. The lowest BCUT2D eigenvalue weighted by Gasteiger charge is -2.04. The van der Waals surface area contributed by atoms with Crippen LogP contribution >= 0.6 is 0 Å². The van der Waals surface area contributed by atoms with E-state index in [1.807, 2.05) is 12.1 Å². The molecular formula is C11H13N3O2. The summed E-state index contributed by atoms with van der Waals surface area (Å²) >= 11 is 0. The second-order valence-corrected chi connectivity index (χ2v) is 3.99. The summed E-state index contributed by atoms with van der Waals surface area (Å²) in [6, 6.07) is 4.11. The van der Waals surface area contributed by atoms with Gasteiger partial charge < -0.3 is 14.3 Å². The molecule has 1 saturated heterocycles. The van der Waals surface area contributed by atoms with Crippen molar-refractivity contribution < 1.29 is 8.94 Å². The van der Waals surface area contributed by atoms with Crippen molar-refractivity contribution in [2.75, 3.05) is 6.54 Å². The molecule has 0 spiro atoms. The lowest BCUT2D eigenvalue weighted by Crippen LogP contribution is -2.23. The molecule has 5 heteroatoms. The molecule has 2 aromatic rings. The molecule has 0 radical (unpaired) electrons. The van der Waals surface area contributed by atoms with Crippen molar-refractivity contribution in [3.05, 3.63) is 24.3 Å². The molecule has 84 valence electrons. The van der Waals surface area contributed by atoms with E-state index in [4.69, 9.17) is 8.94 Å². The van der Waals surface area contributed by atoms with Gasteiger partial charge in [-0.2, -0.15) is 4.98 Å². The highest BCUT2D eigenvalue weighted by Gasteiger charge is 2.18. The van der Waals surface area contributed by atoms with E-state index in [-0.39, 0.29) is 0 Å². The normalized spacial score (nSPS) is 20.4. The molecule has 5 nitrogen and oxygen atoms in total. The third kappa shape index (κ3) is 1.86. The molecular weight excluding hydrogens is 206 g/mol. The van der Waals surface area contributed by atoms with Crippen LogP contribution in [0.4, 0.5) is 0 Å². The van der Waals surface area contributed by atoms with Crippen molar-refractivity contribution in [3.63, 3.8) is 0 Å². The van der Waals surface area contributed by atoms with Gasteiger partial charge in [0, 0.05) is 12.5 Å². The van der Waals surface area contributed by atoms with Crippen LogP contribution in [0.5, 0.6) is 0 Å². The Hall–Kier alpha value is -1.62. The standard InChI is InChI=1S/C11H13N3O2/c1-3-8(12-5-1)7-10-13-11(14-16-10)9-4-2-6-15-9/h2,4,6,8,12H,1,3,5,7H2. The molecule has 1 fully saturated rings. The third-order valence-electron chi connectivity index (χ3n) is 2.79. The fourth-order valence-electron chi connectivity index (χ4n) is 1.99. The first-order valence-electron chi connectivity index (χ1n) is 5.51. The van der Waals surface area contributed by atoms with Crippen molar-refractivity contribution in [3.8, 4) is 11.6 Å². The van der Waals surface area contributed by atoms with E-state index in [0.29, 0.717) is 23.5 Å². The topological polar surface area (TPSA) is 64.1 Å². The van der Waals surface area contributed by atoms with Crippen LogP contribution in [-0.4, -0.2) is 22.7 Å². The Labute approximate surface area is 92.8 Å². The Morgan fingerprint density at radius 2 is 2.50 bits per heavy atom. The van der Waals surface area contributed by atoms with Gasteiger partial charge in [-0.25, -0.2) is 0 Å². The summed E-state index contributed by atoms with van der Waals surface area (Å²) < 4.78 is 10.4. The first-order valence-corrected chi connectivity index (χ1v) is 5.51. The van der Waals surface area contributed by atoms with Crippen LogP contribution in [0, 0.1) is 0 Å². The molecule has 16 heavy (non-hydrogen) atoms. The quantitative estimate of drug-likeness (QED) is 0.849. The van der Waals surface area contributed by atoms with Gasteiger partial charge in [0.2, 0.25) is 11.7 Å². The van der Waals surface area contributed by atoms with E-state index in [0.717, 1.165) is 13.0 Å². The van der Waals surface area contributed by atoms with Gasteiger partial charge >= 0.3 is 0 Å². The van der Waals surface area contributed by atoms with Crippen molar-refractivity contribution >= 4 is 0 Å². The monoisotopic (exact) mass is 219 g/mol. The molecule has 0 bridgehead atoms. The first kappa shape index (κ1) is 9.59. The molecule has 3 rings (SSSR count). The predicted octanol–water partition coefficient (Wildman–Crippen LogP) is 1.62. The summed E-state index contributed by atoms with van der Waals surface area (Å²) in [6.45, 7) is 1.09. The van der Waals surface area contributed by atoms with Crippen LogP contribution < -0.4 is 5.32 Å². The van der Waals surface area contributed by atoms with Crippen molar-refractivity contribution in [1.29, 1.82) is 0 Å². The molecule has 1 N–H and O–H groups in total. The van der Waals surface area contributed by atoms with E-state index in [1.54, 1.807) is 6.26 Å². The average Bonchev–Trinajstić information content (AvgIpc) is 2.99. The minimum Gasteiger partial charge on any atom is -0.461 e. The highest BCUT2D eigenvalue weighted by molar-refractivity contribution is 5.44. The van der Waals surface area contributed by atoms with Crippen LogP contribution in [0.3, 0.4) is 0 Å². The zero-order valence-corrected chi connectivity index (χ0v) is 8.85. The van der Waals surface area contributed by atoms with Crippen LogP contribution in [0.1, 0.15) is 18.7 Å². The molecule has 0 aliphatic carbocycles. The number of hydrogen-bond donors (Lipinski definition) is 1. The second kappa shape index (κ2) is 4.09. The zero-order chi connectivity index (χ0) is 10.8. The van der Waals surface area contributed by atoms with E-state index in [9.17, 15) is 0 Å². The molecule has 2 aromatic heterocycles. The Bertz CT molecular complexity index is 444. The van der Waals surface area contributed by atoms with Gasteiger partial charge in [-0.3, -0.25) is 0 Å². The molecule has 1 unspecified atom stereocenters. The van der Waals surface area contributed by atoms with Gasteiger partial charge in [0.15, 0.2) is 5.76 Å². The molecule has 0 amide bonds. The number of aromatic nitrogens is 2. The number of rotatable bonds is 3. The Morgan fingerprint density at radius 1 is 1.50 bits per heavy atom. The predicted molar refractivity (Wildman–Crippen MR) is 56.7 cm³/mol. The van der Waals surface area contributed by atoms with Crippen molar-refractivity contribution in [1.82, 2.24) is 15.5 Å². The molecule has 1 aliphatic rings. The van der Waals surface area contributed by atoms with Gasteiger partial charge in [0.25, 0.3) is 0 Å². The SMILES string of the molecule is c1coc(-c2noc(CC3CCCN3)n2)c1. The minimum absolute atomic E-state index is 0.477. The van der Waals surface area contributed by atoms with E-state index < -0.39 is 0 Å². The van der Waals surface area contributed by atoms with E-state index >= 15 is 0 Å². The van der Waals surface area contributed by atoms with Crippen LogP contribution in [0.25, 0.3) is 11.6 Å². The van der Waals surface area contributed by atoms with Crippen LogP contribution in [0.2, 0.25) is 0 Å². The number of nitrogens with one attached hydrogen (secondary N) is 1. The maximum absolute atomic E-state index is 5.20. The second-order valence-electron chi connectivity index (χ2n) is 3.99. The first-order chi connectivity index (χ1) is 7.92. The van der Waals surface area contributed by atoms with Gasteiger partial charge in [-0.15, -0.1) is 0 Å². The van der Waals surface area contributed by atoms with E-state index in [2.05, 4.69) is 15.5 Å². The number of nitrogens with zero attached hydrogens (tertiary/aromatic N) is 2. The molecule has 0 saturated carbocycles. The van der Waals surface area contributed by atoms with Crippen LogP contribution in [0.15, 0.2) is 27.3 Å². The van der Waals surface area contributed by atoms with Crippen molar-refractivity contribution in [2.45, 2.75) is 25.3 Å². The fraction of sp³-hybridized carbons (Fsp3) is 0.455. The van der Waals surface area contributed by atoms with Gasteiger partial charge in [-0.1, -0.05) is 5.16 Å². The maximum atomic E-state index is 5.20. The van der Waals surface area contributed by atoms with Crippen molar-refractivity contribution in [2.24, 2.45) is 0 Å². The smallest absolute Gasteiger partial charge is 0.238 e. The average molecular weight is 219 g/mol. The highest BCUT2D eigenvalue weighted by atomic mass is 16.5. The van der Waals surface area contributed by atoms with Gasteiger partial charge in [0.1, 0.15) is 0 Å².